The van der Waals surface area contributed by atoms with Crippen LogP contribution in [0.4, 0.5) is 0 Å². The summed E-state index contributed by atoms with van der Waals surface area (Å²) in [7, 11) is 0. The number of rotatable bonds is 5. The van der Waals surface area contributed by atoms with Crippen LogP contribution in [-0.2, 0) is 11.3 Å². The van der Waals surface area contributed by atoms with Crippen molar-refractivity contribution in [3.8, 4) is 0 Å². The van der Waals surface area contributed by atoms with Crippen LogP contribution < -0.4 is 5.32 Å². The van der Waals surface area contributed by atoms with Crippen molar-refractivity contribution in [1.29, 1.82) is 0 Å². The normalized spacial score (nSPS) is 10.7. The molecule has 0 aliphatic heterocycles. The number of hydrogen-bond donors (Lipinski definition) is 1. The molecule has 82 valence electrons. The molecule has 0 atom stereocenters. The Labute approximate surface area is 91.7 Å². The highest BCUT2D eigenvalue weighted by molar-refractivity contribution is 5.51. The van der Waals surface area contributed by atoms with Gasteiger partial charge in [-0.2, -0.15) is 0 Å². The zero-order chi connectivity index (χ0) is 11.3. The summed E-state index contributed by atoms with van der Waals surface area (Å²) >= 11 is 0. The smallest absolute Gasteiger partial charge is 0.133 e. The second-order valence-corrected chi connectivity index (χ2v) is 4.14. The molecule has 0 unspecified atom stereocenters. The lowest BCUT2D eigenvalue weighted by Crippen LogP contribution is -2.16. The first-order valence-corrected chi connectivity index (χ1v) is 5.39. The Morgan fingerprint density at radius 2 is 2.13 bits per heavy atom. The van der Waals surface area contributed by atoms with Crippen LogP contribution in [0.1, 0.15) is 36.5 Å². The number of hydrogen-bond acceptors (Lipinski definition) is 2. The van der Waals surface area contributed by atoms with Crippen molar-refractivity contribution in [2.75, 3.05) is 6.54 Å². The molecule has 0 saturated heterocycles. The largest absolute Gasteiger partial charge is 0.306 e. The van der Waals surface area contributed by atoms with Crippen molar-refractivity contribution in [3.63, 3.8) is 0 Å². The summed E-state index contributed by atoms with van der Waals surface area (Å²) in [5, 5.41) is 3.09. The van der Waals surface area contributed by atoms with Gasteiger partial charge < -0.3 is 10.1 Å². The quantitative estimate of drug-likeness (QED) is 0.591. The molecule has 0 spiro atoms. The highest BCUT2D eigenvalue weighted by Crippen LogP contribution is 2.18. The predicted octanol–water partition coefficient (Wildman–Crippen LogP) is 2.41. The second-order valence-electron chi connectivity index (χ2n) is 4.14. The van der Waals surface area contributed by atoms with Gasteiger partial charge in [0, 0.05) is 6.54 Å². The van der Waals surface area contributed by atoms with E-state index in [2.05, 4.69) is 44.3 Å². The molecule has 2 heteroatoms. The van der Waals surface area contributed by atoms with Crippen LogP contribution >= 0.6 is 0 Å². The maximum atomic E-state index is 10.2. The highest BCUT2D eigenvalue weighted by atomic mass is 16.1. The van der Waals surface area contributed by atoms with E-state index in [4.69, 9.17) is 0 Å². The summed E-state index contributed by atoms with van der Waals surface area (Å²) in [5.41, 5.74) is 3.91. The van der Waals surface area contributed by atoms with E-state index in [9.17, 15) is 4.79 Å². The Bertz CT molecular complexity index is 331. The Balaban J connectivity index is 2.76. The number of benzene rings is 1. The molecule has 0 saturated carbocycles. The average molecular weight is 205 g/mol. The molecular formula is C13H19NO. The Hall–Kier alpha value is -1.15. The first-order chi connectivity index (χ1) is 7.15. The zero-order valence-corrected chi connectivity index (χ0v) is 9.71. The van der Waals surface area contributed by atoms with Crippen molar-refractivity contribution in [2.24, 2.45) is 0 Å². The van der Waals surface area contributed by atoms with Crippen molar-refractivity contribution in [2.45, 2.75) is 33.2 Å². The third kappa shape index (κ3) is 3.48. The third-order valence-corrected chi connectivity index (χ3v) is 2.58. The van der Waals surface area contributed by atoms with Crippen LogP contribution in [0.2, 0.25) is 0 Å². The van der Waals surface area contributed by atoms with Crippen LogP contribution in [0.3, 0.4) is 0 Å². The molecule has 1 aromatic carbocycles. The van der Waals surface area contributed by atoms with Crippen molar-refractivity contribution in [1.82, 2.24) is 5.32 Å². The summed E-state index contributed by atoms with van der Waals surface area (Å²) in [5.74, 6) is 0.551. The monoisotopic (exact) mass is 205 g/mol. The van der Waals surface area contributed by atoms with E-state index in [1.165, 1.54) is 16.7 Å². The minimum absolute atomic E-state index is 0.422. The minimum Gasteiger partial charge on any atom is -0.306 e. The van der Waals surface area contributed by atoms with Gasteiger partial charge in [0.05, 0.1) is 6.54 Å². The summed E-state index contributed by atoms with van der Waals surface area (Å²) in [6, 6.07) is 6.54. The average Bonchev–Trinajstić information content (AvgIpc) is 2.20. The molecule has 0 bridgehead atoms. The minimum atomic E-state index is 0.422. The lowest BCUT2D eigenvalue weighted by atomic mass is 9.98. The summed E-state index contributed by atoms with van der Waals surface area (Å²) in [6.07, 6.45) is 0.891. The number of aryl methyl sites for hydroxylation is 1. The van der Waals surface area contributed by atoms with Gasteiger partial charge in [0.15, 0.2) is 0 Å². The molecule has 15 heavy (non-hydrogen) atoms. The highest BCUT2D eigenvalue weighted by Gasteiger charge is 2.03. The molecule has 0 aliphatic carbocycles. The van der Waals surface area contributed by atoms with Gasteiger partial charge in [-0.05, 0) is 29.5 Å². The molecule has 0 heterocycles. The van der Waals surface area contributed by atoms with Gasteiger partial charge >= 0.3 is 0 Å². The van der Waals surface area contributed by atoms with Crippen LogP contribution in [0.25, 0.3) is 0 Å². The third-order valence-electron chi connectivity index (χ3n) is 2.58. The fourth-order valence-electron chi connectivity index (χ4n) is 1.51. The van der Waals surface area contributed by atoms with Gasteiger partial charge in [0.25, 0.3) is 0 Å². The van der Waals surface area contributed by atoms with Gasteiger partial charge in [-0.15, -0.1) is 0 Å². The van der Waals surface area contributed by atoms with Gasteiger partial charge in [0.1, 0.15) is 6.29 Å². The Morgan fingerprint density at radius 1 is 1.40 bits per heavy atom. The van der Waals surface area contributed by atoms with Crippen LogP contribution in [0.5, 0.6) is 0 Å². The van der Waals surface area contributed by atoms with Crippen molar-refractivity contribution < 1.29 is 4.79 Å². The fraction of sp³-hybridized carbons (Fsp3) is 0.462. The van der Waals surface area contributed by atoms with Crippen LogP contribution in [-0.4, -0.2) is 12.8 Å². The summed E-state index contributed by atoms with van der Waals surface area (Å²) in [4.78, 5) is 10.2. The first kappa shape index (κ1) is 11.9. The summed E-state index contributed by atoms with van der Waals surface area (Å²) in [6.45, 7) is 7.67. The molecule has 0 amide bonds. The Morgan fingerprint density at radius 3 is 2.73 bits per heavy atom. The van der Waals surface area contributed by atoms with Crippen LogP contribution in [0, 0.1) is 6.92 Å². The molecule has 0 radical (unpaired) electrons. The zero-order valence-electron chi connectivity index (χ0n) is 9.71. The van der Waals surface area contributed by atoms with E-state index >= 15 is 0 Å². The van der Waals surface area contributed by atoms with Crippen molar-refractivity contribution in [3.05, 3.63) is 34.9 Å². The molecule has 0 aliphatic rings. The van der Waals surface area contributed by atoms with Crippen molar-refractivity contribution >= 4 is 6.29 Å². The van der Waals surface area contributed by atoms with E-state index in [0.717, 1.165) is 12.8 Å². The second kappa shape index (κ2) is 5.66. The number of carbonyl (C=O) groups excluding carboxylic acids is 1. The lowest BCUT2D eigenvalue weighted by Gasteiger charge is -2.11. The Kier molecular flexibility index (Phi) is 4.50. The first-order valence-electron chi connectivity index (χ1n) is 5.39. The topological polar surface area (TPSA) is 29.1 Å². The number of nitrogens with one attached hydrogen (secondary N) is 1. The van der Waals surface area contributed by atoms with Gasteiger partial charge in [0.2, 0.25) is 0 Å². The van der Waals surface area contributed by atoms with E-state index in [-0.39, 0.29) is 0 Å². The molecule has 2 nitrogen and oxygen atoms in total. The predicted molar refractivity (Wildman–Crippen MR) is 63.0 cm³/mol. The van der Waals surface area contributed by atoms with Gasteiger partial charge in [-0.3, -0.25) is 0 Å². The van der Waals surface area contributed by atoms with Gasteiger partial charge in [-0.25, -0.2) is 0 Å². The maximum absolute atomic E-state index is 10.2. The van der Waals surface area contributed by atoms with E-state index in [1.54, 1.807) is 0 Å². The van der Waals surface area contributed by atoms with E-state index in [0.29, 0.717) is 12.5 Å². The van der Waals surface area contributed by atoms with E-state index < -0.39 is 0 Å². The van der Waals surface area contributed by atoms with Crippen LogP contribution in [0.15, 0.2) is 18.2 Å². The molecule has 1 N–H and O–H groups in total. The standard InChI is InChI=1S/C13H19NO/c1-10(2)12-5-4-11(3)13(8-12)9-14-6-7-15/h4-5,7-8,10,14H,6,9H2,1-3H3. The number of carbonyl (C=O) groups is 1. The molecular weight excluding hydrogens is 186 g/mol. The summed E-state index contributed by atoms with van der Waals surface area (Å²) < 4.78 is 0. The number of aldehydes is 1. The molecule has 0 fully saturated rings. The SMILES string of the molecule is Cc1ccc(C(C)C)cc1CNCC=O. The molecule has 1 rings (SSSR count). The molecule has 1 aromatic rings. The van der Waals surface area contributed by atoms with Gasteiger partial charge in [-0.1, -0.05) is 32.0 Å². The lowest BCUT2D eigenvalue weighted by molar-refractivity contribution is -0.107. The molecule has 0 aromatic heterocycles. The fourth-order valence-corrected chi connectivity index (χ4v) is 1.51. The van der Waals surface area contributed by atoms with E-state index in [1.807, 2.05) is 0 Å². The maximum Gasteiger partial charge on any atom is 0.133 e.